The Morgan fingerprint density at radius 2 is 1.90 bits per heavy atom. The molecule has 29 heavy (non-hydrogen) atoms. The molecule has 0 unspecified atom stereocenters. The van der Waals surface area contributed by atoms with Gasteiger partial charge in [0.1, 0.15) is 10.5 Å². The monoisotopic (exact) mass is 407 g/mol. The molecule has 0 radical (unpaired) electrons. The number of fused-ring (bicyclic) bond motifs is 1. The molecule has 1 N–H and O–H groups in total. The lowest BCUT2D eigenvalue weighted by Gasteiger charge is -2.27. The summed E-state index contributed by atoms with van der Waals surface area (Å²) in [6.07, 6.45) is 0. The highest BCUT2D eigenvalue weighted by Gasteiger charge is 2.30. The third-order valence-corrected chi connectivity index (χ3v) is 5.86. The number of amides is 1. The molecule has 7 heteroatoms. The average Bonchev–Trinajstić information content (AvgIpc) is 3.16. The predicted molar refractivity (Wildman–Crippen MR) is 112 cm³/mol. The Balaban J connectivity index is 1.75. The van der Waals surface area contributed by atoms with Crippen molar-refractivity contribution in [2.24, 2.45) is 5.92 Å². The number of hydrogen-bond donors (Lipinski definition) is 1. The van der Waals surface area contributed by atoms with Crippen LogP contribution in [0.3, 0.4) is 0 Å². The molecule has 1 amide bonds. The van der Waals surface area contributed by atoms with Crippen LogP contribution >= 0.6 is 11.3 Å². The molecular weight excluding hydrogens is 386 g/mol. The van der Waals surface area contributed by atoms with Gasteiger partial charge in [-0.1, -0.05) is 44.2 Å². The van der Waals surface area contributed by atoms with Crippen LogP contribution in [0.4, 0.5) is 0 Å². The van der Waals surface area contributed by atoms with Gasteiger partial charge in [0.25, 0.3) is 5.91 Å². The van der Waals surface area contributed by atoms with Crippen LogP contribution < -0.4 is 5.32 Å². The molecule has 2 aromatic carbocycles. The minimum atomic E-state index is -1.03. The first-order valence-corrected chi connectivity index (χ1v) is 10.00. The van der Waals surface area contributed by atoms with Gasteiger partial charge in [0.05, 0.1) is 21.8 Å². The quantitative estimate of drug-likeness (QED) is 0.619. The molecule has 6 nitrogen and oxygen atoms in total. The third-order valence-electron chi connectivity index (χ3n) is 4.79. The van der Waals surface area contributed by atoms with E-state index >= 15 is 0 Å². The molecule has 0 aliphatic heterocycles. The van der Waals surface area contributed by atoms with Crippen molar-refractivity contribution >= 4 is 33.4 Å². The zero-order valence-electron chi connectivity index (χ0n) is 16.4. The van der Waals surface area contributed by atoms with E-state index in [2.05, 4.69) is 16.4 Å². The molecule has 1 heterocycles. The van der Waals surface area contributed by atoms with E-state index in [1.807, 2.05) is 44.2 Å². The number of hydrogen-bond acceptors (Lipinski definition) is 6. The largest absolute Gasteiger partial charge is 0.452 e. The Morgan fingerprint density at radius 1 is 1.21 bits per heavy atom. The third kappa shape index (κ3) is 4.44. The highest BCUT2D eigenvalue weighted by Crippen LogP contribution is 2.32. The molecule has 0 spiro atoms. The predicted octanol–water partition coefficient (Wildman–Crippen LogP) is 4.17. The van der Waals surface area contributed by atoms with Gasteiger partial charge in [-0.25, -0.2) is 9.78 Å². The fourth-order valence-corrected chi connectivity index (χ4v) is 3.68. The number of esters is 1. The van der Waals surface area contributed by atoms with E-state index in [9.17, 15) is 14.9 Å². The van der Waals surface area contributed by atoms with Crippen LogP contribution in [0.2, 0.25) is 0 Å². The Kier molecular flexibility index (Phi) is 5.95. The summed E-state index contributed by atoms with van der Waals surface area (Å²) < 4.78 is 6.24. The smallest absolute Gasteiger partial charge is 0.339 e. The molecule has 3 rings (SSSR count). The van der Waals surface area contributed by atoms with Gasteiger partial charge in [-0.2, -0.15) is 5.26 Å². The first-order chi connectivity index (χ1) is 13.8. The van der Waals surface area contributed by atoms with Crippen LogP contribution in [-0.4, -0.2) is 29.0 Å². The maximum atomic E-state index is 12.6. The van der Waals surface area contributed by atoms with Crippen LogP contribution in [-0.2, 0) is 9.53 Å². The lowest BCUT2D eigenvalue weighted by atomic mass is 9.90. The number of benzene rings is 2. The van der Waals surface area contributed by atoms with E-state index in [-0.39, 0.29) is 5.92 Å². The molecule has 0 saturated heterocycles. The van der Waals surface area contributed by atoms with E-state index in [1.165, 1.54) is 11.3 Å². The van der Waals surface area contributed by atoms with Gasteiger partial charge in [-0.3, -0.25) is 4.79 Å². The van der Waals surface area contributed by atoms with E-state index in [1.54, 1.807) is 25.1 Å². The molecule has 0 aliphatic carbocycles. The fraction of sp³-hybridized carbons (Fsp3) is 0.273. The van der Waals surface area contributed by atoms with E-state index in [0.29, 0.717) is 16.1 Å². The summed E-state index contributed by atoms with van der Waals surface area (Å²) in [4.78, 5) is 29.4. The van der Waals surface area contributed by atoms with Gasteiger partial charge in [-0.15, -0.1) is 11.3 Å². The summed E-state index contributed by atoms with van der Waals surface area (Å²) in [6.45, 7) is 4.85. The van der Waals surface area contributed by atoms with Crippen molar-refractivity contribution in [2.75, 3.05) is 6.61 Å². The van der Waals surface area contributed by atoms with Crippen molar-refractivity contribution < 1.29 is 14.3 Å². The number of para-hydroxylation sites is 1. The maximum absolute atomic E-state index is 12.6. The average molecular weight is 407 g/mol. The summed E-state index contributed by atoms with van der Waals surface area (Å²) in [7, 11) is 0. The second kappa shape index (κ2) is 8.41. The van der Waals surface area contributed by atoms with Gasteiger partial charge >= 0.3 is 5.97 Å². The van der Waals surface area contributed by atoms with Gasteiger partial charge in [-0.05, 0) is 31.0 Å². The number of nitrogens with zero attached hydrogens (tertiary/aromatic N) is 2. The molecule has 0 aliphatic rings. The summed E-state index contributed by atoms with van der Waals surface area (Å²) in [5.41, 5.74) is 0.830. The number of aromatic nitrogens is 1. The van der Waals surface area contributed by atoms with Crippen molar-refractivity contribution in [2.45, 2.75) is 26.3 Å². The highest BCUT2D eigenvalue weighted by molar-refractivity contribution is 7.21. The van der Waals surface area contributed by atoms with Crippen LogP contribution in [0.25, 0.3) is 20.8 Å². The molecule has 1 aromatic heterocycles. The van der Waals surface area contributed by atoms with Gasteiger partial charge in [0.15, 0.2) is 6.61 Å². The first kappa shape index (κ1) is 20.5. The first-order valence-electron chi connectivity index (χ1n) is 9.18. The van der Waals surface area contributed by atoms with Crippen LogP contribution in [0.15, 0.2) is 48.5 Å². The minimum absolute atomic E-state index is 0.0908. The van der Waals surface area contributed by atoms with Crippen LogP contribution in [0.5, 0.6) is 0 Å². The zero-order chi connectivity index (χ0) is 21.0. The second-order valence-corrected chi connectivity index (χ2v) is 8.16. The molecule has 3 aromatic rings. The van der Waals surface area contributed by atoms with Crippen LogP contribution in [0.1, 0.15) is 31.1 Å². The number of thiazole rings is 1. The van der Waals surface area contributed by atoms with Gasteiger partial charge in [0, 0.05) is 5.56 Å². The molecule has 0 fully saturated rings. The van der Waals surface area contributed by atoms with Crippen molar-refractivity contribution in [1.82, 2.24) is 10.3 Å². The number of nitrogens with one attached hydrogen (secondary N) is 1. The van der Waals surface area contributed by atoms with E-state index < -0.39 is 24.0 Å². The SMILES string of the molecule is CC(C)[C@@](C)(C#N)NC(=O)COC(=O)c1ccccc1-c1nc2ccccc2s1. The zero-order valence-corrected chi connectivity index (χ0v) is 17.2. The van der Waals surface area contributed by atoms with Crippen LogP contribution in [0, 0.1) is 17.2 Å². The molecule has 0 saturated carbocycles. The van der Waals surface area contributed by atoms with Crippen molar-refractivity contribution in [3.8, 4) is 16.6 Å². The Hall–Kier alpha value is -3.24. The number of carbonyl (C=O) groups excluding carboxylic acids is 2. The molecule has 148 valence electrons. The van der Waals surface area contributed by atoms with Gasteiger partial charge in [0.2, 0.25) is 0 Å². The Labute approximate surface area is 173 Å². The number of carbonyl (C=O) groups is 2. The molecule has 0 bridgehead atoms. The summed E-state index contributed by atoms with van der Waals surface area (Å²) in [6, 6.07) is 16.9. The topological polar surface area (TPSA) is 92.1 Å². The number of nitriles is 1. The normalized spacial score (nSPS) is 12.9. The van der Waals surface area contributed by atoms with E-state index in [4.69, 9.17) is 4.74 Å². The summed E-state index contributed by atoms with van der Waals surface area (Å²) in [5, 5.41) is 12.6. The minimum Gasteiger partial charge on any atom is -0.452 e. The van der Waals surface area contributed by atoms with Gasteiger partial charge < -0.3 is 10.1 Å². The molecule has 1 atom stereocenters. The maximum Gasteiger partial charge on any atom is 0.339 e. The Bertz CT molecular complexity index is 1070. The standard InChI is InChI=1S/C22H21N3O3S/c1-14(2)22(3,13-23)25-19(26)12-28-21(27)16-9-5-4-8-15(16)20-24-17-10-6-7-11-18(17)29-20/h4-11,14H,12H2,1-3H3,(H,25,26)/t22-/m1/s1. The highest BCUT2D eigenvalue weighted by atomic mass is 32.1. The fourth-order valence-electron chi connectivity index (χ4n) is 2.67. The lowest BCUT2D eigenvalue weighted by molar-refractivity contribution is -0.125. The van der Waals surface area contributed by atoms with Crippen molar-refractivity contribution in [3.63, 3.8) is 0 Å². The lowest BCUT2D eigenvalue weighted by Crippen LogP contribution is -2.50. The Morgan fingerprint density at radius 3 is 2.59 bits per heavy atom. The van der Waals surface area contributed by atoms with E-state index in [0.717, 1.165) is 10.2 Å². The number of rotatable bonds is 6. The summed E-state index contributed by atoms with van der Waals surface area (Å²) >= 11 is 1.49. The number of ether oxygens (including phenoxy) is 1. The van der Waals surface area contributed by atoms with Crippen molar-refractivity contribution in [3.05, 3.63) is 54.1 Å². The molecular formula is C22H21N3O3S. The summed E-state index contributed by atoms with van der Waals surface area (Å²) in [5.74, 6) is -1.22. The second-order valence-electron chi connectivity index (χ2n) is 7.13. The van der Waals surface area contributed by atoms with Crippen molar-refractivity contribution in [1.29, 1.82) is 5.26 Å².